The number of piperidine rings is 1. The smallest absolute Gasteiger partial charge is 0.248 e. The molecular weight excluding hydrogens is 228 g/mol. The Morgan fingerprint density at radius 1 is 1.39 bits per heavy atom. The Balaban J connectivity index is 1.67. The molecule has 2 saturated heterocycles. The van der Waals surface area contributed by atoms with E-state index >= 15 is 0 Å². The molecule has 2 heterocycles. The summed E-state index contributed by atoms with van der Waals surface area (Å²) in [6.45, 7) is 5.03. The Labute approximate surface area is 109 Å². The van der Waals surface area contributed by atoms with E-state index in [9.17, 15) is 4.79 Å². The second-order valence-electron chi connectivity index (χ2n) is 6.12. The molecule has 1 aliphatic carbocycles. The van der Waals surface area contributed by atoms with Crippen molar-refractivity contribution in [2.75, 3.05) is 39.4 Å². The van der Waals surface area contributed by atoms with E-state index in [2.05, 4.69) is 5.32 Å². The lowest BCUT2D eigenvalue weighted by Crippen LogP contribution is -2.52. The Kier molecular flexibility index (Phi) is 3.57. The maximum Gasteiger partial charge on any atom is 0.248 e. The molecule has 1 saturated carbocycles. The van der Waals surface area contributed by atoms with Crippen molar-refractivity contribution in [2.24, 2.45) is 11.3 Å². The third-order valence-corrected chi connectivity index (χ3v) is 5.14. The highest BCUT2D eigenvalue weighted by atomic mass is 16.5. The predicted octanol–water partition coefficient (Wildman–Crippen LogP) is 1.02. The van der Waals surface area contributed by atoms with Crippen LogP contribution >= 0.6 is 0 Å². The number of nitrogens with zero attached hydrogens (tertiary/aromatic N) is 1. The molecule has 18 heavy (non-hydrogen) atoms. The fourth-order valence-corrected chi connectivity index (χ4v) is 4.02. The molecule has 0 unspecified atom stereocenters. The number of morpholine rings is 1. The van der Waals surface area contributed by atoms with Gasteiger partial charge in [0.25, 0.3) is 0 Å². The minimum Gasteiger partial charge on any atom is -0.370 e. The standard InChI is InChI=1S/C14H24N2O2/c17-13-10-18-8-7-16(13)9-12-3-6-15-11-14(12)4-1-2-5-14/h12,15H,1-11H2/t12-/m0/s1. The van der Waals surface area contributed by atoms with Gasteiger partial charge in [-0.15, -0.1) is 0 Å². The summed E-state index contributed by atoms with van der Waals surface area (Å²) in [5.74, 6) is 0.885. The highest BCUT2D eigenvalue weighted by Gasteiger charge is 2.43. The predicted molar refractivity (Wildman–Crippen MR) is 69.3 cm³/mol. The first kappa shape index (κ1) is 12.4. The molecule has 3 rings (SSSR count). The SMILES string of the molecule is O=C1COCCN1C[C@@H]1CCNCC12CCCC2. The van der Waals surface area contributed by atoms with Crippen LogP contribution in [0.2, 0.25) is 0 Å². The van der Waals surface area contributed by atoms with E-state index in [1.165, 1.54) is 32.1 Å². The molecule has 1 N–H and O–H groups in total. The summed E-state index contributed by atoms with van der Waals surface area (Å²) in [5, 5.41) is 3.57. The van der Waals surface area contributed by atoms with Crippen molar-refractivity contribution in [3.05, 3.63) is 0 Å². The number of amides is 1. The lowest BCUT2D eigenvalue weighted by Gasteiger charge is -2.44. The molecule has 1 atom stereocenters. The fraction of sp³-hybridized carbons (Fsp3) is 0.929. The number of carbonyl (C=O) groups is 1. The van der Waals surface area contributed by atoms with Crippen LogP contribution in [0.5, 0.6) is 0 Å². The van der Waals surface area contributed by atoms with Crippen LogP contribution in [-0.4, -0.2) is 50.2 Å². The number of hydrogen-bond acceptors (Lipinski definition) is 3. The van der Waals surface area contributed by atoms with Crippen LogP contribution in [0.1, 0.15) is 32.1 Å². The molecule has 4 nitrogen and oxygen atoms in total. The summed E-state index contributed by atoms with van der Waals surface area (Å²) < 4.78 is 5.21. The van der Waals surface area contributed by atoms with E-state index in [0.29, 0.717) is 17.9 Å². The Morgan fingerprint density at radius 3 is 3.00 bits per heavy atom. The van der Waals surface area contributed by atoms with Gasteiger partial charge in [-0.2, -0.15) is 0 Å². The van der Waals surface area contributed by atoms with Gasteiger partial charge in [-0.3, -0.25) is 4.79 Å². The van der Waals surface area contributed by atoms with Crippen molar-refractivity contribution in [2.45, 2.75) is 32.1 Å². The van der Waals surface area contributed by atoms with E-state index in [0.717, 1.165) is 26.2 Å². The number of carbonyl (C=O) groups excluding carboxylic acids is 1. The van der Waals surface area contributed by atoms with Gasteiger partial charge in [0.05, 0.1) is 6.61 Å². The molecule has 0 aromatic rings. The van der Waals surface area contributed by atoms with Gasteiger partial charge in [0, 0.05) is 19.6 Å². The van der Waals surface area contributed by atoms with Crippen LogP contribution in [-0.2, 0) is 9.53 Å². The molecule has 3 fully saturated rings. The van der Waals surface area contributed by atoms with Crippen LogP contribution in [0.25, 0.3) is 0 Å². The van der Waals surface area contributed by atoms with Gasteiger partial charge in [-0.25, -0.2) is 0 Å². The van der Waals surface area contributed by atoms with Crippen LogP contribution in [0.15, 0.2) is 0 Å². The maximum absolute atomic E-state index is 11.9. The third kappa shape index (κ3) is 2.28. The first-order valence-corrected chi connectivity index (χ1v) is 7.36. The van der Waals surface area contributed by atoms with Gasteiger partial charge >= 0.3 is 0 Å². The monoisotopic (exact) mass is 252 g/mol. The zero-order chi connectivity index (χ0) is 12.4. The topological polar surface area (TPSA) is 41.6 Å². The lowest BCUT2D eigenvalue weighted by atomic mass is 9.70. The number of ether oxygens (including phenoxy) is 1. The summed E-state index contributed by atoms with van der Waals surface area (Å²) >= 11 is 0. The van der Waals surface area contributed by atoms with Gasteiger partial charge < -0.3 is 15.0 Å². The molecule has 2 aliphatic heterocycles. The quantitative estimate of drug-likeness (QED) is 0.797. The molecule has 1 amide bonds. The maximum atomic E-state index is 11.9. The van der Waals surface area contributed by atoms with Gasteiger partial charge in [-0.1, -0.05) is 12.8 Å². The molecule has 0 radical (unpaired) electrons. The van der Waals surface area contributed by atoms with Crippen molar-refractivity contribution in [3.8, 4) is 0 Å². The second kappa shape index (κ2) is 5.17. The van der Waals surface area contributed by atoms with Crippen molar-refractivity contribution in [3.63, 3.8) is 0 Å². The van der Waals surface area contributed by atoms with Crippen molar-refractivity contribution >= 4 is 5.91 Å². The first-order chi connectivity index (χ1) is 8.80. The molecule has 4 heteroatoms. The van der Waals surface area contributed by atoms with Crippen LogP contribution in [0, 0.1) is 11.3 Å². The highest BCUT2D eigenvalue weighted by Crippen LogP contribution is 2.47. The van der Waals surface area contributed by atoms with Gasteiger partial charge in [0.15, 0.2) is 0 Å². The van der Waals surface area contributed by atoms with E-state index in [1.807, 2.05) is 4.90 Å². The zero-order valence-corrected chi connectivity index (χ0v) is 11.1. The normalized spacial score (nSPS) is 32.1. The molecule has 102 valence electrons. The number of nitrogens with one attached hydrogen (secondary N) is 1. The summed E-state index contributed by atoms with van der Waals surface area (Å²) in [6.07, 6.45) is 6.67. The zero-order valence-electron chi connectivity index (χ0n) is 11.1. The molecular formula is C14H24N2O2. The van der Waals surface area contributed by atoms with Gasteiger partial charge in [0.1, 0.15) is 6.61 Å². The largest absolute Gasteiger partial charge is 0.370 e. The van der Waals surface area contributed by atoms with Crippen LogP contribution in [0.4, 0.5) is 0 Å². The highest BCUT2D eigenvalue weighted by molar-refractivity contribution is 5.78. The summed E-state index contributed by atoms with van der Waals surface area (Å²) in [6, 6.07) is 0. The minimum atomic E-state index is 0.188. The first-order valence-electron chi connectivity index (χ1n) is 7.36. The summed E-state index contributed by atoms with van der Waals surface area (Å²) in [7, 11) is 0. The number of rotatable bonds is 2. The van der Waals surface area contributed by atoms with Crippen molar-refractivity contribution < 1.29 is 9.53 Å². The average Bonchev–Trinajstić information content (AvgIpc) is 2.84. The summed E-state index contributed by atoms with van der Waals surface area (Å²) in [4.78, 5) is 13.9. The average molecular weight is 252 g/mol. The molecule has 0 aromatic carbocycles. The van der Waals surface area contributed by atoms with Crippen molar-refractivity contribution in [1.82, 2.24) is 10.2 Å². The Morgan fingerprint density at radius 2 is 2.22 bits per heavy atom. The van der Waals surface area contributed by atoms with E-state index in [1.54, 1.807) is 0 Å². The second-order valence-corrected chi connectivity index (χ2v) is 6.12. The third-order valence-electron chi connectivity index (χ3n) is 5.14. The Bertz CT molecular complexity index is 313. The summed E-state index contributed by atoms with van der Waals surface area (Å²) in [5.41, 5.74) is 0.483. The molecule has 0 aromatic heterocycles. The van der Waals surface area contributed by atoms with E-state index in [4.69, 9.17) is 4.74 Å². The van der Waals surface area contributed by atoms with E-state index in [-0.39, 0.29) is 12.5 Å². The fourth-order valence-electron chi connectivity index (χ4n) is 4.02. The van der Waals surface area contributed by atoms with Crippen LogP contribution < -0.4 is 5.32 Å². The van der Waals surface area contributed by atoms with Crippen molar-refractivity contribution in [1.29, 1.82) is 0 Å². The van der Waals surface area contributed by atoms with Gasteiger partial charge in [0.2, 0.25) is 5.91 Å². The Hall–Kier alpha value is -0.610. The molecule has 1 spiro atoms. The lowest BCUT2D eigenvalue weighted by molar-refractivity contribution is -0.144. The van der Waals surface area contributed by atoms with Gasteiger partial charge in [-0.05, 0) is 37.1 Å². The minimum absolute atomic E-state index is 0.188. The van der Waals surface area contributed by atoms with E-state index < -0.39 is 0 Å². The van der Waals surface area contributed by atoms with Crippen LogP contribution in [0.3, 0.4) is 0 Å². The number of hydrogen-bond donors (Lipinski definition) is 1. The molecule has 0 bridgehead atoms. The molecule has 3 aliphatic rings.